The SMILES string of the molecule is CN(Cn1nc(C2CC2)n(CCC(N)=O)c1=S)[C@H]1CCCc2ccccc21. The molecule has 0 saturated heterocycles. The minimum absolute atomic E-state index is 0.297. The maximum atomic E-state index is 11.2. The molecule has 1 saturated carbocycles. The molecule has 1 aromatic heterocycles. The van der Waals surface area contributed by atoms with E-state index in [4.69, 9.17) is 23.1 Å². The number of aromatic nitrogens is 3. The van der Waals surface area contributed by atoms with E-state index in [1.165, 1.54) is 17.5 Å². The molecule has 1 atom stereocenters. The average Bonchev–Trinajstić information content (AvgIpc) is 3.46. The summed E-state index contributed by atoms with van der Waals surface area (Å²) in [5, 5.41) is 4.82. The normalized spacial score (nSPS) is 19.3. The van der Waals surface area contributed by atoms with Crippen LogP contribution >= 0.6 is 12.2 Å². The van der Waals surface area contributed by atoms with Crippen LogP contribution in [0.25, 0.3) is 0 Å². The number of benzene rings is 1. The summed E-state index contributed by atoms with van der Waals surface area (Å²) >= 11 is 5.69. The van der Waals surface area contributed by atoms with E-state index in [0.29, 0.717) is 36.4 Å². The van der Waals surface area contributed by atoms with Crippen LogP contribution in [0.4, 0.5) is 0 Å². The van der Waals surface area contributed by atoms with Crippen molar-refractivity contribution < 1.29 is 4.79 Å². The lowest BCUT2D eigenvalue weighted by Gasteiger charge is -2.33. The summed E-state index contributed by atoms with van der Waals surface area (Å²) in [5.74, 6) is 1.18. The Balaban J connectivity index is 1.57. The predicted molar refractivity (Wildman–Crippen MR) is 107 cm³/mol. The number of fused-ring (bicyclic) bond motifs is 1. The Morgan fingerprint density at radius 2 is 2.11 bits per heavy atom. The van der Waals surface area contributed by atoms with Gasteiger partial charge in [0.1, 0.15) is 5.82 Å². The van der Waals surface area contributed by atoms with Crippen molar-refractivity contribution in [1.82, 2.24) is 19.2 Å². The fraction of sp³-hybridized carbons (Fsp3) is 0.550. The summed E-state index contributed by atoms with van der Waals surface area (Å²) in [6.45, 7) is 1.18. The van der Waals surface area contributed by atoms with Crippen molar-refractivity contribution in [2.45, 2.75) is 63.7 Å². The Morgan fingerprint density at radius 1 is 1.33 bits per heavy atom. The van der Waals surface area contributed by atoms with E-state index < -0.39 is 0 Å². The van der Waals surface area contributed by atoms with Crippen LogP contribution in [-0.4, -0.2) is 32.2 Å². The van der Waals surface area contributed by atoms with Gasteiger partial charge in [0.15, 0.2) is 4.77 Å². The van der Waals surface area contributed by atoms with Gasteiger partial charge in [-0.3, -0.25) is 9.69 Å². The summed E-state index contributed by atoms with van der Waals surface area (Å²) in [6, 6.07) is 9.12. The van der Waals surface area contributed by atoms with Gasteiger partial charge in [0.2, 0.25) is 5.91 Å². The third-order valence-electron chi connectivity index (χ3n) is 5.70. The molecule has 0 unspecified atom stereocenters. The van der Waals surface area contributed by atoms with E-state index in [0.717, 1.165) is 31.5 Å². The second-order valence-corrected chi connectivity index (χ2v) is 8.15. The molecule has 2 N–H and O–H groups in total. The van der Waals surface area contributed by atoms with E-state index in [2.05, 4.69) is 36.2 Å². The molecule has 0 bridgehead atoms. The zero-order valence-electron chi connectivity index (χ0n) is 15.8. The van der Waals surface area contributed by atoms with E-state index >= 15 is 0 Å². The highest BCUT2D eigenvalue weighted by Gasteiger charge is 2.31. The lowest BCUT2D eigenvalue weighted by atomic mass is 9.87. The first kappa shape index (κ1) is 18.4. The molecule has 2 aromatic rings. The summed E-state index contributed by atoms with van der Waals surface area (Å²) in [6.07, 6.45) is 6.11. The predicted octanol–water partition coefficient (Wildman–Crippen LogP) is 3.13. The van der Waals surface area contributed by atoms with Gasteiger partial charge in [-0.1, -0.05) is 24.3 Å². The van der Waals surface area contributed by atoms with Crippen LogP contribution in [0.3, 0.4) is 0 Å². The highest BCUT2D eigenvalue weighted by molar-refractivity contribution is 7.71. The van der Waals surface area contributed by atoms with Crippen LogP contribution in [0.2, 0.25) is 0 Å². The number of hydrogen-bond donors (Lipinski definition) is 1. The molecule has 0 aliphatic heterocycles. The molecule has 0 radical (unpaired) electrons. The molecule has 1 aromatic carbocycles. The van der Waals surface area contributed by atoms with Crippen LogP contribution < -0.4 is 5.73 Å². The largest absolute Gasteiger partial charge is 0.370 e. The molecule has 4 rings (SSSR count). The second-order valence-electron chi connectivity index (χ2n) is 7.79. The van der Waals surface area contributed by atoms with Gasteiger partial charge in [-0.25, -0.2) is 4.68 Å². The zero-order chi connectivity index (χ0) is 19.0. The molecule has 1 amide bonds. The number of amides is 1. The summed E-state index contributed by atoms with van der Waals surface area (Å²) < 4.78 is 4.62. The van der Waals surface area contributed by atoms with Gasteiger partial charge >= 0.3 is 0 Å². The topological polar surface area (TPSA) is 69.1 Å². The standard InChI is InChI=1S/C20H27N5OS/c1-23(17-8-4-6-14-5-2-3-7-16(14)17)13-25-20(27)24(12-11-18(21)26)19(22-25)15-9-10-15/h2-3,5,7,15,17H,4,6,8-13H2,1H3,(H2,21,26)/t17-/m0/s1. The third-order valence-corrected chi connectivity index (χ3v) is 6.13. The monoisotopic (exact) mass is 385 g/mol. The van der Waals surface area contributed by atoms with Gasteiger partial charge in [0.05, 0.1) is 6.67 Å². The Kier molecular flexibility index (Phi) is 5.14. The van der Waals surface area contributed by atoms with Gasteiger partial charge < -0.3 is 10.3 Å². The van der Waals surface area contributed by atoms with Crippen LogP contribution in [0.1, 0.15) is 61.0 Å². The number of carbonyl (C=O) groups is 1. The van der Waals surface area contributed by atoms with Crippen molar-refractivity contribution in [3.63, 3.8) is 0 Å². The first-order valence-corrected chi connectivity index (χ1v) is 10.2. The molecule has 1 fully saturated rings. The van der Waals surface area contributed by atoms with Crippen molar-refractivity contribution in [1.29, 1.82) is 0 Å². The van der Waals surface area contributed by atoms with E-state index in [1.54, 1.807) is 0 Å². The summed E-state index contributed by atoms with van der Waals surface area (Å²) in [5.41, 5.74) is 8.22. The van der Waals surface area contributed by atoms with Gasteiger partial charge in [0, 0.05) is 24.9 Å². The van der Waals surface area contributed by atoms with Crippen LogP contribution in [0, 0.1) is 4.77 Å². The Morgan fingerprint density at radius 3 is 2.85 bits per heavy atom. The maximum absolute atomic E-state index is 11.2. The molecule has 7 heteroatoms. The lowest BCUT2D eigenvalue weighted by molar-refractivity contribution is -0.118. The van der Waals surface area contributed by atoms with Gasteiger partial charge in [0.25, 0.3) is 0 Å². The molecule has 0 spiro atoms. The third kappa shape index (κ3) is 3.84. The average molecular weight is 386 g/mol. The number of nitrogens with two attached hydrogens (primary N) is 1. The molecule has 2 aliphatic rings. The minimum Gasteiger partial charge on any atom is -0.370 e. The van der Waals surface area contributed by atoms with E-state index in [-0.39, 0.29) is 5.91 Å². The first-order valence-electron chi connectivity index (χ1n) is 9.78. The molecule has 144 valence electrons. The molecule has 27 heavy (non-hydrogen) atoms. The number of nitrogens with zero attached hydrogens (tertiary/aromatic N) is 4. The minimum atomic E-state index is -0.303. The maximum Gasteiger partial charge on any atom is 0.219 e. The van der Waals surface area contributed by atoms with Crippen LogP contribution in [-0.2, 0) is 24.4 Å². The van der Waals surface area contributed by atoms with Crippen molar-refractivity contribution >= 4 is 18.1 Å². The smallest absolute Gasteiger partial charge is 0.219 e. The number of rotatable bonds is 7. The Bertz CT molecular complexity index is 898. The quantitative estimate of drug-likeness (QED) is 0.744. The van der Waals surface area contributed by atoms with Gasteiger partial charge in [-0.15, -0.1) is 0 Å². The molecular formula is C20H27N5OS. The van der Waals surface area contributed by atoms with Crippen LogP contribution in [0.5, 0.6) is 0 Å². The summed E-state index contributed by atoms with van der Waals surface area (Å²) in [7, 11) is 2.15. The van der Waals surface area contributed by atoms with Gasteiger partial charge in [-0.05, 0) is 62.5 Å². The van der Waals surface area contributed by atoms with Gasteiger partial charge in [-0.2, -0.15) is 5.10 Å². The van der Waals surface area contributed by atoms with Crippen molar-refractivity contribution in [2.75, 3.05) is 7.05 Å². The fourth-order valence-corrected chi connectivity index (χ4v) is 4.40. The van der Waals surface area contributed by atoms with E-state index in [1.807, 2.05) is 9.25 Å². The Hall–Kier alpha value is -1.99. The first-order chi connectivity index (χ1) is 13.0. The zero-order valence-corrected chi connectivity index (χ0v) is 16.6. The number of carbonyl (C=O) groups excluding carboxylic acids is 1. The Labute approximate surface area is 165 Å². The molecule has 2 aliphatic carbocycles. The van der Waals surface area contributed by atoms with Crippen molar-refractivity contribution in [2.24, 2.45) is 5.73 Å². The highest BCUT2D eigenvalue weighted by Crippen LogP contribution is 2.39. The number of primary amides is 1. The molecule has 6 nitrogen and oxygen atoms in total. The second kappa shape index (κ2) is 7.56. The number of aryl methyl sites for hydroxylation is 1. The number of hydrogen-bond acceptors (Lipinski definition) is 4. The lowest BCUT2D eigenvalue weighted by Crippen LogP contribution is -2.30. The molecular weight excluding hydrogens is 358 g/mol. The highest BCUT2D eigenvalue weighted by atomic mass is 32.1. The summed E-state index contributed by atoms with van der Waals surface area (Å²) in [4.78, 5) is 13.6. The van der Waals surface area contributed by atoms with E-state index in [9.17, 15) is 4.79 Å². The van der Waals surface area contributed by atoms with Crippen molar-refractivity contribution in [3.05, 3.63) is 46.0 Å². The molecule has 1 heterocycles. The van der Waals surface area contributed by atoms with Crippen molar-refractivity contribution in [3.8, 4) is 0 Å². The van der Waals surface area contributed by atoms with Crippen LogP contribution in [0.15, 0.2) is 24.3 Å². The fourth-order valence-electron chi connectivity index (χ4n) is 4.12.